The van der Waals surface area contributed by atoms with E-state index in [9.17, 15) is 4.79 Å². The first-order chi connectivity index (χ1) is 9.59. The molecule has 0 fully saturated rings. The molecule has 0 unspecified atom stereocenters. The molecule has 20 heavy (non-hydrogen) atoms. The second-order valence-corrected chi connectivity index (χ2v) is 5.61. The number of hydrogen-bond donors (Lipinski definition) is 0. The lowest BCUT2D eigenvalue weighted by atomic mass is 10.2. The molecule has 2 rings (SSSR count). The van der Waals surface area contributed by atoms with E-state index in [2.05, 4.69) is 26.2 Å². The van der Waals surface area contributed by atoms with Crippen molar-refractivity contribution in [1.29, 1.82) is 0 Å². The maximum Gasteiger partial charge on any atom is 0.302 e. The number of ether oxygens (including phenoxy) is 1. The second kappa shape index (κ2) is 6.83. The van der Waals surface area contributed by atoms with Crippen molar-refractivity contribution in [3.8, 4) is 0 Å². The number of esters is 1. The Morgan fingerprint density at radius 2 is 2.15 bits per heavy atom. The van der Waals surface area contributed by atoms with Gasteiger partial charge in [0, 0.05) is 17.9 Å². The minimum Gasteiger partial charge on any atom is -0.466 e. The summed E-state index contributed by atoms with van der Waals surface area (Å²) in [7, 11) is 0. The molecule has 0 saturated carbocycles. The summed E-state index contributed by atoms with van der Waals surface area (Å²) in [6, 6.07) is 4.06. The summed E-state index contributed by atoms with van der Waals surface area (Å²) in [4.78, 5) is 10.6. The zero-order chi connectivity index (χ0) is 14.5. The van der Waals surface area contributed by atoms with Crippen molar-refractivity contribution in [2.45, 2.75) is 39.7 Å². The minimum atomic E-state index is -0.215. The smallest absolute Gasteiger partial charge is 0.302 e. The Kier molecular flexibility index (Phi) is 5.11. The standard InChI is InChI=1S/C14H18BrN3O2/c1-10-12(15)6-7-13-14(10)16-17-18(13)8-4-3-5-9-20-11(2)19/h6-7H,3-5,8-9H2,1-2H3. The number of nitrogens with zero attached hydrogens (tertiary/aromatic N) is 3. The number of carbonyl (C=O) groups excluding carboxylic acids is 1. The van der Waals surface area contributed by atoms with Gasteiger partial charge < -0.3 is 4.74 Å². The topological polar surface area (TPSA) is 57.0 Å². The zero-order valence-electron chi connectivity index (χ0n) is 11.7. The molecule has 0 amide bonds. The number of unbranched alkanes of at least 4 members (excludes halogenated alkanes) is 2. The Balaban J connectivity index is 1.88. The molecule has 5 nitrogen and oxygen atoms in total. The van der Waals surface area contributed by atoms with E-state index >= 15 is 0 Å². The maximum atomic E-state index is 10.6. The van der Waals surface area contributed by atoms with Crippen LogP contribution in [0.15, 0.2) is 16.6 Å². The van der Waals surface area contributed by atoms with Gasteiger partial charge in [0.2, 0.25) is 0 Å². The van der Waals surface area contributed by atoms with Crippen LogP contribution >= 0.6 is 15.9 Å². The molecule has 2 aromatic rings. The minimum absolute atomic E-state index is 0.215. The maximum absolute atomic E-state index is 10.6. The summed E-state index contributed by atoms with van der Waals surface area (Å²) < 4.78 is 7.88. The van der Waals surface area contributed by atoms with E-state index in [0.717, 1.165) is 46.9 Å². The zero-order valence-corrected chi connectivity index (χ0v) is 13.3. The van der Waals surface area contributed by atoms with Gasteiger partial charge in [-0.15, -0.1) is 5.10 Å². The highest BCUT2D eigenvalue weighted by atomic mass is 79.9. The van der Waals surface area contributed by atoms with Crippen molar-refractivity contribution in [2.24, 2.45) is 0 Å². The fourth-order valence-electron chi connectivity index (χ4n) is 2.06. The van der Waals surface area contributed by atoms with Crippen LogP contribution in [-0.4, -0.2) is 27.6 Å². The third kappa shape index (κ3) is 3.56. The van der Waals surface area contributed by atoms with Gasteiger partial charge in [0.1, 0.15) is 5.52 Å². The Morgan fingerprint density at radius 1 is 1.35 bits per heavy atom. The van der Waals surface area contributed by atoms with E-state index < -0.39 is 0 Å². The lowest BCUT2D eigenvalue weighted by Crippen LogP contribution is -2.03. The average molecular weight is 340 g/mol. The molecule has 0 bridgehead atoms. The molecule has 0 radical (unpaired) electrons. The Labute approximate surface area is 126 Å². The number of carbonyl (C=O) groups is 1. The summed E-state index contributed by atoms with van der Waals surface area (Å²) in [5.74, 6) is -0.215. The molecule has 1 aromatic carbocycles. The average Bonchev–Trinajstić information content (AvgIpc) is 2.81. The van der Waals surface area contributed by atoms with E-state index in [1.165, 1.54) is 6.92 Å². The van der Waals surface area contributed by atoms with Crippen LogP contribution in [0.2, 0.25) is 0 Å². The summed E-state index contributed by atoms with van der Waals surface area (Å²) in [6.45, 7) is 4.80. The predicted molar refractivity (Wildman–Crippen MR) is 80.4 cm³/mol. The van der Waals surface area contributed by atoms with Crippen LogP contribution < -0.4 is 0 Å². The number of benzene rings is 1. The van der Waals surface area contributed by atoms with Crippen molar-refractivity contribution in [3.05, 3.63) is 22.2 Å². The van der Waals surface area contributed by atoms with Crippen molar-refractivity contribution < 1.29 is 9.53 Å². The fraction of sp³-hybridized carbons (Fsp3) is 0.500. The molecule has 0 spiro atoms. The van der Waals surface area contributed by atoms with Gasteiger partial charge in [0.15, 0.2) is 0 Å². The van der Waals surface area contributed by atoms with Crippen LogP contribution in [0.5, 0.6) is 0 Å². The van der Waals surface area contributed by atoms with Crippen LogP contribution in [-0.2, 0) is 16.1 Å². The van der Waals surface area contributed by atoms with Crippen molar-refractivity contribution in [1.82, 2.24) is 15.0 Å². The lowest BCUT2D eigenvalue weighted by Gasteiger charge is -2.04. The Morgan fingerprint density at radius 3 is 2.90 bits per heavy atom. The van der Waals surface area contributed by atoms with E-state index in [1.807, 2.05) is 23.7 Å². The van der Waals surface area contributed by atoms with Crippen LogP contribution in [0.3, 0.4) is 0 Å². The summed E-state index contributed by atoms with van der Waals surface area (Å²) in [6.07, 6.45) is 2.88. The van der Waals surface area contributed by atoms with Crippen molar-refractivity contribution in [3.63, 3.8) is 0 Å². The van der Waals surface area contributed by atoms with Crippen LogP contribution in [0, 0.1) is 6.92 Å². The molecular weight excluding hydrogens is 322 g/mol. The number of rotatable bonds is 6. The van der Waals surface area contributed by atoms with Gasteiger partial charge in [-0.25, -0.2) is 4.68 Å². The highest BCUT2D eigenvalue weighted by Crippen LogP contribution is 2.23. The number of fused-ring (bicyclic) bond motifs is 1. The summed E-state index contributed by atoms with van der Waals surface area (Å²) >= 11 is 3.50. The molecule has 108 valence electrons. The highest BCUT2D eigenvalue weighted by molar-refractivity contribution is 9.10. The van der Waals surface area contributed by atoms with Gasteiger partial charge in [-0.05, 0) is 43.9 Å². The first kappa shape index (κ1) is 15.0. The van der Waals surface area contributed by atoms with E-state index in [0.29, 0.717) is 6.61 Å². The van der Waals surface area contributed by atoms with Gasteiger partial charge >= 0.3 is 5.97 Å². The lowest BCUT2D eigenvalue weighted by molar-refractivity contribution is -0.141. The molecule has 1 aromatic heterocycles. The third-order valence-corrected chi connectivity index (χ3v) is 4.05. The molecule has 1 heterocycles. The molecule has 0 aliphatic rings. The molecular formula is C14H18BrN3O2. The molecule has 0 aliphatic carbocycles. The van der Waals surface area contributed by atoms with E-state index in [1.54, 1.807) is 0 Å². The summed E-state index contributed by atoms with van der Waals surface area (Å²) in [5, 5.41) is 8.43. The Bertz CT molecular complexity index is 610. The van der Waals surface area contributed by atoms with Crippen LogP contribution in [0.4, 0.5) is 0 Å². The number of halogens is 1. The molecule has 6 heteroatoms. The van der Waals surface area contributed by atoms with Gasteiger partial charge in [0.05, 0.1) is 12.1 Å². The van der Waals surface area contributed by atoms with Crippen LogP contribution in [0.1, 0.15) is 31.7 Å². The van der Waals surface area contributed by atoms with Gasteiger partial charge in [-0.3, -0.25) is 4.79 Å². The van der Waals surface area contributed by atoms with E-state index in [-0.39, 0.29) is 5.97 Å². The Hall–Kier alpha value is -1.43. The van der Waals surface area contributed by atoms with Crippen molar-refractivity contribution in [2.75, 3.05) is 6.61 Å². The SMILES string of the molecule is CC(=O)OCCCCCn1nnc2c(C)c(Br)ccc21. The number of aromatic nitrogens is 3. The molecule has 0 N–H and O–H groups in total. The van der Waals surface area contributed by atoms with Crippen molar-refractivity contribution >= 4 is 32.9 Å². The molecule has 0 atom stereocenters. The largest absolute Gasteiger partial charge is 0.466 e. The summed E-state index contributed by atoms with van der Waals surface area (Å²) in [5.41, 5.74) is 3.12. The normalized spacial score (nSPS) is 10.9. The third-order valence-electron chi connectivity index (χ3n) is 3.19. The second-order valence-electron chi connectivity index (χ2n) is 4.75. The van der Waals surface area contributed by atoms with Gasteiger partial charge in [0.25, 0.3) is 0 Å². The fourth-order valence-corrected chi connectivity index (χ4v) is 2.38. The number of aryl methyl sites for hydroxylation is 2. The monoisotopic (exact) mass is 339 g/mol. The predicted octanol–water partition coefficient (Wildman–Crippen LogP) is 3.24. The molecule has 0 saturated heterocycles. The van der Waals surface area contributed by atoms with Gasteiger partial charge in [-0.2, -0.15) is 0 Å². The van der Waals surface area contributed by atoms with Gasteiger partial charge in [-0.1, -0.05) is 21.1 Å². The highest BCUT2D eigenvalue weighted by Gasteiger charge is 2.08. The van der Waals surface area contributed by atoms with E-state index in [4.69, 9.17) is 4.74 Å². The molecule has 0 aliphatic heterocycles. The first-order valence-electron chi connectivity index (χ1n) is 6.71. The first-order valence-corrected chi connectivity index (χ1v) is 7.50. The quantitative estimate of drug-likeness (QED) is 0.598. The van der Waals surface area contributed by atoms with Crippen LogP contribution in [0.25, 0.3) is 11.0 Å². The number of hydrogen-bond acceptors (Lipinski definition) is 4.